The van der Waals surface area contributed by atoms with E-state index >= 15 is 0 Å². The molecule has 2 heterocycles. The van der Waals surface area contributed by atoms with E-state index in [1.54, 1.807) is 21.9 Å². The molecule has 1 aromatic rings. The van der Waals surface area contributed by atoms with Crippen molar-refractivity contribution in [3.8, 4) is 0 Å². The van der Waals surface area contributed by atoms with Crippen LogP contribution in [0.1, 0.15) is 103 Å². The van der Waals surface area contributed by atoms with Gasteiger partial charge < -0.3 is 29.1 Å². The number of ether oxygens (including phenoxy) is 3. The van der Waals surface area contributed by atoms with Gasteiger partial charge in [-0.15, -0.1) is 0 Å². The maximum atomic E-state index is 12.2. The average Bonchev–Trinajstić information content (AvgIpc) is 2.93. The third-order valence-corrected chi connectivity index (χ3v) is 7.11. The Morgan fingerprint density at radius 3 is 1.71 bits per heavy atom. The fourth-order valence-corrected chi connectivity index (χ4v) is 5.16. The van der Waals surface area contributed by atoms with Crippen molar-refractivity contribution in [3.05, 3.63) is 35.9 Å². The van der Waals surface area contributed by atoms with Crippen LogP contribution in [-0.2, 0) is 14.2 Å². The van der Waals surface area contributed by atoms with Gasteiger partial charge in [-0.05, 0) is 117 Å². The van der Waals surface area contributed by atoms with Crippen molar-refractivity contribution < 1.29 is 33.7 Å². The van der Waals surface area contributed by atoms with E-state index in [1.807, 2.05) is 59.7 Å². The van der Waals surface area contributed by atoms with Gasteiger partial charge in [-0.1, -0.05) is 18.2 Å². The van der Waals surface area contributed by atoms with E-state index in [0.29, 0.717) is 24.0 Å². The fourth-order valence-electron chi connectivity index (χ4n) is 5.16. The Kier molecular flexibility index (Phi) is 14.6. The summed E-state index contributed by atoms with van der Waals surface area (Å²) in [5.41, 5.74) is -0.304. The van der Waals surface area contributed by atoms with Crippen molar-refractivity contribution in [1.29, 1.82) is 0 Å². The number of nitrogens with zero attached hydrogens (tertiary/aromatic N) is 2. The number of rotatable bonds is 8. The molecule has 0 radical (unpaired) electrons. The number of piperidine rings is 2. The zero-order valence-electron chi connectivity index (χ0n) is 26.7. The van der Waals surface area contributed by atoms with Crippen LogP contribution in [-0.4, -0.2) is 83.7 Å². The van der Waals surface area contributed by atoms with Crippen LogP contribution < -0.4 is 0 Å². The largest absolute Gasteiger partial charge is 0.462 e. The second-order valence-corrected chi connectivity index (χ2v) is 13.4. The predicted molar refractivity (Wildman–Crippen MR) is 163 cm³/mol. The second kappa shape index (κ2) is 17.3. The Hall–Kier alpha value is -2.81. The van der Waals surface area contributed by atoms with Crippen molar-refractivity contribution in [3.63, 3.8) is 0 Å². The van der Waals surface area contributed by atoms with Gasteiger partial charge in [-0.2, -0.15) is 0 Å². The molecule has 1 N–H and O–H groups in total. The molecule has 2 amide bonds. The summed E-state index contributed by atoms with van der Waals surface area (Å²) >= 11 is 0. The van der Waals surface area contributed by atoms with Crippen molar-refractivity contribution >= 4 is 18.2 Å². The molecule has 0 unspecified atom stereocenters. The van der Waals surface area contributed by atoms with Crippen molar-refractivity contribution in [2.45, 2.75) is 104 Å². The number of esters is 1. The Morgan fingerprint density at radius 2 is 1.26 bits per heavy atom. The zero-order valence-corrected chi connectivity index (χ0v) is 26.7. The van der Waals surface area contributed by atoms with Crippen LogP contribution in [0.5, 0.6) is 0 Å². The number of amides is 2. The number of carbonyl (C=O) groups excluding carboxylic acids is 3. The fraction of sp³-hybridized carbons (Fsp3) is 0.727. The van der Waals surface area contributed by atoms with Crippen molar-refractivity contribution in [2.75, 3.05) is 39.4 Å². The van der Waals surface area contributed by atoms with Crippen LogP contribution >= 0.6 is 0 Å². The van der Waals surface area contributed by atoms with Crippen molar-refractivity contribution in [1.82, 2.24) is 9.80 Å². The number of hydrogen-bond acceptors (Lipinski definition) is 7. The van der Waals surface area contributed by atoms with E-state index < -0.39 is 11.2 Å². The summed E-state index contributed by atoms with van der Waals surface area (Å²) in [6, 6.07) is 9.02. The molecular formula is C33H54N2O7. The maximum absolute atomic E-state index is 12.2. The number of likely N-dealkylation sites (tertiary alicyclic amines) is 2. The standard InChI is InChI=1S/C20H29NO4.C13H25NO3/c1-20(2,3)25-19(23)21-13-7-9-16(15-21)10-8-14-24-18(22)17-11-5-4-6-12-17;1-13(2,3)17-12(16)14-8-4-6-11(10-14)7-5-9-15/h4-6,11-12,16H,7-10,13-15H2,1-3H3;11,15H,4-10H2,1-3H3/t16-;11-/m11/s1. The van der Waals surface area contributed by atoms with E-state index in [0.717, 1.165) is 77.5 Å². The first-order chi connectivity index (χ1) is 19.8. The molecule has 9 nitrogen and oxygen atoms in total. The second-order valence-electron chi connectivity index (χ2n) is 13.4. The molecule has 2 aliphatic heterocycles. The van der Waals surface area contributed by atoms with Gasteiger partial charge in [0.2, 0.25) is 0 Å². The first-order valence-electron chi connectivity index (χ1n) is 15.6. The normalized spacial score (nSPS) is 19.3. The highest BCUT2D eigenvalue weighted by molar-refractivity contribution is 5.89. The summed E-state index contributed by atoms with van der Waals surface area (Å²) in [5, 5.41) is 8.82. The van der Waals surface area contributed by atoms with Gasteiger partial charge in [0.05, 0.1) is 12.2 Å². The van der Waals surface area contributed by atoms with Crippen LogP contribution in [0.15, 0.2) is 30.3 Å². The van der Waals surface area contributed by atoms with Gasteiger partial charge in [0.1, 0.15) is 11.2 Å². The van der Waals surface area contributed by atoms with Crippen LogP contribution in [0.3, 0.4) is 0 Å². The van der Waals surface area contributed by atoms with Crippen LogP contribution in [0, 0.1) is 11.8 Å². The molecule has 0 spiro atoms. The Morgan fingerprint density at radius 1 is 0.786 bits per heavy atom. The molecule has 1 aromatic carbocycles. The predicted octanol–water partition coefficient (Wildman–Crippen LogP) is 6.68. The Balaban J connectivity index is 0.000000317. The lowest BCUT2D eigenvalue weighted by atomic mass is 9.94. The van der Waals surface area contributed by atoms with Crippen LogP contribution in [0.25, 0.3) is 0 Å². The lowest BCUT2D eigenvalue weighted by molar-refractivity contribution is 0.0148. The lowest BCUT2D eigenvalue weighted by Crippen LogP contribution is -2.42. The highest BCUT2D eigenvalue weighted by Gasteiger charge is 2.28. The lowest BCUT2D eigenvalue weighted by Gasteiger charge is -2.34. The SMILES string of the molecule is CC(C)(C)OC(=O)N1CCC[C@H](CCCO)C1.CC(C)(C)OC(=O)N1CCC[C@H](CCCOC(=O)c2ccccc2)C1. The van der Waals surface area contributed by atoms with Gasteiger partial charge in [-0.3, -0.25) is 0 Å². The summed E-state index contributed by atoms with van der Waals surface area (Å²) in [6.07, 6.45) is 7.43. The molecule has 9 heteroatoms. The van der Waals surface area contributed by atoms with Gasteiger partial charge in [0.25, 0.3) is 0 Å². The topological polar surface area (TPSA) is 106 Å². The third kappa shape index (κ3) is 14.4. The molecule has 2 fully saturated rings. The third-order valence-electron chi connectivity index (χ3n) is 7.11. The molecule has 0 aromatic heterocycles. The summed E-state index contributed by atoms with van der Waals surface area (Å²) in [4.78, 5) is 39.5. The highest BCUT2D eigenvalue weighted by atomic mass is 16.6. The summed E-state index contributed by atoms with van der Waals surface area (Å²) < 4.78 is 16.1. The number of aliphatic hydroxyl groups is 1. The molecule has 2 saturated heterocycles. The van der Waals surface area contributed by atoms with Crippen LogP contribution in [0.2, 0.25) is 0 Å². The van der Waals surface area contributed by atoms with Crippen LogP contribution in [0.4, 0.5) is 9.59 Å². The van der Waals surface area contributed by atoms with E-state index in [2.05, 4.69) is 0 Å². The van der Waals surface area contributed by atoms with Gasteiger partial charge in [0, 0.05) is 32.8 Å². The molecule has 0 aliphatic carbocycles. The van der Waals surface area contributed by atoms with E-state index in [1.165, 1.54) is 0 Å². The van der Waals surface area contributed by atoms with E-state index in [4.69, 9.17) is 19.3 Å². The minimum Gasteiger partial charge on any atom is -0.462 e. The molecule has 0 saturated carbocycles. The minimum absolute atomic E-state index is 0.203. The van der Waals surface area contributed by atoms with E-state index in [9.17, 15) is 14.4 Å². The Labute approximate surface area is 252 Å². The quantitative estimate of drug-likeness (QED) is 0.205. The maximum Gasteiger partial charge on any atom is 0.410 e. The number of aliphatic hydroxyl groups excluding tert-OH is 1. The first kappa shape index (κ1) is 35.4. The molecule has 238 valence electrons. The number of hydrogen-bond donors (Lipinski definition) is 1. The molecule has 3 rings (SSSR count). The highest BCUT2D eigenvalue weighted by Crippen LogP contribution is 2.24. The summed E-state index contributed by atoms with van der Waals surface area (Å²) in [7, 11) is 0. The van der Waals surface area contributed by atoms with E-state index in [-0.39, 0.29) is 24.8 Å². The molecular weight excluding hydrogens is 536 g/mol. The van der Waals surface area contributed by atoms with Gasteiger partial charge in [-0.25, -0.2) is 14.4 Å². The smallest absolute Gasteiger partial charge is 0.410 e. The average molecular weight is 591 g/mol. The summed E-state index contributed by atoms with van der Waals surface area (Å²) in [6.45, 7) is 15.0. The first-order valence-corrected chi connectivity index (χ1v) is 15.6. The number of carbonyl (C=O) groups is 3. The Bertz CT molecular complexity index is 955. The molecule has 0 bridgehead atoms. The van der Waals surface area contributed by atoms with Crippen molar-refractivity contribution in [2.24, 2.45) is 11.8 Å². The number of benzene rings is 1. The zero-order chi connectivity index (χ0) is 31.2. The molecule has 42 heavy (non-hydrogen) atoms. The molecule has 2 aliphatic rings. The monoisotopic (exact) mass is 590 g/mol. The van der Waals surface area contributed by atoms with Gasteiger partial charge >= 0.3 is 18.2 Å². The van der Waals surface area contributed by atoms with Gasteiger partial charge in [0.15, 0.2) is 0 Å². The molecule has 2 atom stereocenters. The summed E-state index contributed by atoms with van der Waals surface area (Å²) in [5.74, 6) is 0.680. The minimum atomic E-state index is -0.463.